The number of fused-ring (bicyclic) bond motifs is 1. The van der Waals surface area contributed by atoms with Crippen LogP contribution in [0.15, 0.2) is 54.7 Å². The van der Waals surface area contributed by atoms with Gasteiger partial charge in [0.1, 0.15) is 35.1 Å². The maximum atomic E-state index is 15.1. The summed E-state index contributed by atoms with van der Waals surface area (Å²) in [5.41, 5.74) is -0.247. The topological polar surface area (TPSA) is 91.8 Å². The number of pyridine rings is 1. The number of carbonyl (C=O) groups excluding carboxylic acids is 1. The minimum absolute atomic E-state index is 0.0196. The Morgan fingerprint density at radius 1 is 1.07 bits per heavy atom. The molecule has 0 spiro atoms. The number of ether oxygens (including phenoxy) is 1. The molecule has 0 saturated carbocycles. The van der Waals surface area contributed by atoms with Crippen molar-refractivity contribution in [3.63, 3.8) is 0 Å². The highest BCUT2D eigenvalue weighted by Gasteiger charge is 2.46. The van der Waals surface area contributed by atoms with E-state index in [2.05, 4.69) is 10.3 Å². The second-order valence-electron chi connectivity index (χ2n) is 10.1. The van der Waals surface area contributed by atoms with Gasteiger partial charge in [0.05, 0.1) is 28.8 Å². The molecular weight excluding hydrogens is 651 g/mol. The average Bonchev–Trinajstić information content (AvgIpc) is 2.96. The molecule has 3 aromatic carbocycles. The fraction of sp³-hybridized carbons (Fsp3) is 0.233. The van der Waals surface area contributed by atoms with E-state index in [1.54, 1.807) is 18.2 Å². The number of carboxylic acids is 1. The molecule has 1 fully saturated rings. The first-order chi connectivity index (χ1) is 21.3. The number of rotatable bonds is 7. The number of hydrogen-bond donors (Lipinski definition) is 2. The smallest absolute Gasteiger partial charge is 0.411 e. The molecule has 1 amide bonds. The van der Waals surface area contributed by atoms with Crippen molar-refractivity contribution in [1.82, 2.24) is 10.3 Å². The summed E-state index contributed by atoms with van der Waals surface area (Å²) in [6, 6.07) is 5.76. The van der Waals surface area contributed by atoms with Gasteiger partial charge in [-0.15, -0.1) is 0 Å². The van der Waals surface area contributed by atoms with Crippen LogP contribution in [0.5, 0.6) is 0 Å². The summed E-state index contributed by atoms with van der Waals surface area (Å²) in [5.74, 6) is -6.59. The van der Waals surface area contributed by atoms with Crippen molar-refractivity contribution < 1.29 is 45.8 Å². The van der Waals surface area contributed by atoms with Crippen molar-refractivity contribution in [1.29, 1.82) is 0 Å². The Balaban J connectivity index is 1.43. The van der Waals surface area contributed by atoms with Gasteiger partial charge in [0.25, 0.3) is 5.91 Å². The highest BCUT2D eigenvalue weighted by Crippen LogP contribution is 2.40. The summed E-state index contributed by atoms with van der Waals surface area (Å²) in [5, 5.41) is 12.5. The summed E-state index contributed by atoms with van der Waals surface area (Å²) in [7, 11) is 0. The Bertz CT molecular complexity index is 1760. The predicted molar refractivity (Wildman–Crippen MR) is 154 cm³/mol. The van der Waals surface area contributed by atoms with Gasteiger partial charge in [0.2, 0.25) is 0 Å². The van der Waals surface area contributed by atoms with E-state index in [9.17, 15) is 32.3 Å². The number of morpholine rings is 1. The van der Waals surface area contributed by atoms with Crippen LogP contribution in [0.4, 0.5) is 32.0 Å². The summed E-state index contributed by atoms with van der Waals surface area (Å²) in [6.45, 7) is -1.17. The maximum absolute atomic E-state index is 15.1. The number of aromatic nitrogens is 1. The molecule has 7 nitrogen and oxygen atoms in total. The molecule has 2 N–H and O–H groups in total. The second-order valence-corrected chi connectivity index (χ2v) is 10.9. The third-order valence-corrected chi connectivity index (χ3v) is 7.84. The number of carboxylic acid groups (broad SMARTS) is 1. The van der Waals surface area contributed by atoms with Gasteiger partial charge in [-0.25, -0.2) is 18.0 Å². The largest absolute Gasteiger partial charge is 0.480 e. The average molecular weight is 672 g/mol. The number of anilines is 1. The van der Waals surface area contributed by atoms with Crippen LogP contribution in [0.1, 0.15) is 15.9 Å². The van der Waals surface area contributed by atoms with E-state index in [4.69, 9.17) is 27.9 Å². The van der Waals surface area contributed by atoms with E-state index in [0.29, 0.717) is 39.7 Å². The van der Waals surface area contributed by atoms with Gasteiger partial charge < -0.3 is 20.1 Å². The molecule has 2 unspecified atom stereocenters. The minimum Gasteiger partial charge on any atom is -0.480 e. The summed E-state index contributed by atoms with van der Waals surface area (Å²) >= 11 is 12.5. The zero-order valence-corrected chi connectivity index (χ0v) is 24.3. The van der Waals surface area contributed by atoms with Gasteiger partial charge in [-0.3, -0.25) is 9.78 Å². The first-order valence-corrected chi connectivity index (χ1v) is 14.0. The van der Waals surface area contributed by atoms with E-state index in [1.807, 2.05) is 0 Å². The van der Waals surface area contributed by atoms with Crippen molar-refractivity contribution in [2.45, 2.75) is 24.7 Å². The Hall–Kier alpha value is -4.07. The van der Waals surface area contributed by atoms with Crippen LogP contribution in [0.3, 0.4) is 0 Å². The van der Waals surface area contributed by atoms with Crippen molar-refractivity contribution in [2.75, 3.05) is 24.7 Å². The van der Waals surface area contributed by atoms with E-state index >= 15 is 8.78 Å². The standard InChI is InChI=1S/C30H21Cl2F6N3O4/c31-19-9-15(33)10-20(32)25(19)17-4-3-14(27-18(17)2-1-5-39-27)8-23(29(43)44)40-28(42)26-21(34)11-16(12-22(26)35)41-6-7-45-13-24(41)30(36,37)38/h1-5,9-12,23-24H,6-8,13H2,(H,40,42)(H,43,44). The third kappa shape index (κ3) is 6.65. The van der Waals surface area contributed by atoms with E-state index < -0.39 is 65.4 Å². The lowest BCUT2D eigenvalue weighted by atomic mass is 9.95. The van der Waals surface area contributed by atoms with Crippen LogP contribution < -0.4 is 10.2 Å². The molecule has 15 heteroatoms. The summed E-state index contributed by atoms with van der Waals surface area (Å²) in [6.07, 6.45) is -3.71. The summed E-state index contributed by atoms with van der Waals surface area (Å²) < 4.78 is 89.3. The Kier molecular flexibility index (Phi) is 9.15. The number of carbonyl (C=O) groups is 2. The third-order valence-electron chi connectivity index (χ3n) is 7.25. The van der Waals surface area contributed by atoms with Crippen molar-refractivity contribution >= 4 is 51.7 Å². The molecule has 2 heterocycles. The van der Waals surface area contributed by atoms with E-state index in [1.165, 1.54) is 12.3 Å². The Morgan fingerprint density at radius 2 is 1.73 bits per heavy atom. The van der Waals surface area contributed by atoms with E-state index in [-0.39, 0.29) is 29.6 Å². The zero-order valence-electron chi connectivity index (χ0n) is 22.8. The molecule has 1 aromatic heterocycles. The highest BCUT2D eigenvalue weighted by atomic mass is 35.5. The van der Waals surface area contributed by atoms with Crippen LogP contribution in [-0.2, 0) is 16.0 Å². The molecule has 45 heavy (non-hydrogen) atoms. The number of nitrogens with one attached hydrogen (secondary N) is 1. The number of aliphatic carboxylic acids is 1. The normalized spacial score (nSPS) is 16.1. The monoisotopic (exact) mass is 671 g/mol. The molecule has 236 valence electrons. The number of halogens is 8. The zero-order chi connectivity index (χ0) is 32.6. The van der Waals surface area contributed by atoms with Gasteiger partial charge in [0, 0.05) is 35.8 Å². The number of benzene rings is 3. The first-order valence-electron chi connectivity index (χ1n) is 13.2. The predicted octanol–water partition coefficient (Wildman–Crippen LogP) is 6.82. The molecular formula is C30H21Cl2F6N3O4. The van der Waals surface area contributed by atoms with Crippen LogP contribution in [0.2, 0.25) is 10.0 Å². The lowest BCUT2D eigenvalue weighted by molar-refractivity contribution is -0.167. The lowest BCUT2D eigenvalue weighted by Crippen LogP contribution is -2.53. The quantitative estimate of drug-likeness (QED) is 0.210. The Morgan fingerprint density at radius 3 is 2.36 bits per heavy atom. The molecule has 4 aromatic rings. The van der Waals surface area contributed by atoms with Gasteiger partial charge in [-0.05, 0) is 41.5 Å². The molecule has 1 aliphatic heterocycles. The minimum atomic E-state index is -4.76. The van der Waals surface area contributed by atoms with Crippen molar-refractivity contribution in [3.05, 3.63) is 93.4 Å². The first kappa shape index (κ1) is 32.3. The van der Waals surface area contributed by atoms with Crippen LogP contribution in [0.25, 0.3) is 22.0 Å². The van der Waals surface area contributed by atoms with Gasteiger partial charge >= 0.3 is 12.1 Å². The molecule has 1 saturated heterocycles. The van der Waals surface area contributed by atoms with Crippen LogP contribution in [0, 0.1) is 17.5 Å². The van der Waals surface area contributed by atoms with Gasteiger partial charge in [0.15, 0.2) is 0 Å². The molecule has 0 bridgehead atoms. The van der Waals surface area contributed by atoms with Crippen LogP contribution in [-0.4, -0.2) is 60.0 Å². The van der Waals surface area contributed by atoms with Crippen molar-refractivity contribution in [2.24, 2.45) is 0 Å². The molecule has 5 rings (SSSR count). The fourth-order valence-corrected chi connectivity index (χ4v) is 5.85. The fourth-order valence-electron chi connectivity index (χ4n) is 5.19. The molecule has 2 atom stereocenters. The number of nitrogens with zero attached hydrogens (tertiary/aromatic N) is 2. The number of alkyl halides is 3. The molecule has 0 radical (unpaired) electrons. The second kappa shape index (κ2) is 12.7. The van der Waals surface area contributed by atoms with Gasteiger partial charge in [-0.2, -0.15) is 13.2 Å². The molecule has 0 aliphatic carbocycles. The highest BCUT2D eigenvalue weighted by molar-refractivity contribution is 6.39. The lowest BCUT2D eigenvalue weighted by Gasteiger charge is -2.38. The maximum Gasteiger partial charge on any atom is 0.411 e. The van der Waals surface area contributed by atoms with E-state index in [0.717, 1.165) is 17.0 Å². The molecule has 1 aliphatic rings. The van der Waals surface area contributed by atoms with Crippen molar-refractivity contribution in [3.8, 4) is 11.1 Å². The van der Waals surface area contributed by atoms with Gasteiger partial charge in [-0.1, -0.05) is 41.4 Å². The number of hydrogen-bond acceptors (Lipinski definition) is 5. The Labute approximate surface area is 261 Å². The number of amides is 1. The SMILES string of the molecule is O=C(NC(Cc1ccc(-c2c(Cl)cc(F)cc2Cl)c2cccnc12)C(=O)O)c1c(F)cc(N2CCOCC2C(F)(F)F)cc1F. The van der Waals surface area contributed by atoms with Crippen LogP contribution >= 0.6 is 23.2 Å². The summed E-state index contributed by atoms with van der Waals surface area (Å²) in [4.78, 5) is 30.2.